The number of carbonyl (C=O) groups excluding carboxylic acids is 1. The highest BCUT2D eigenvalue weighted by Gasteiger charge is 2.54. The van der Waals surface area contributed by atoms with Crippen molar-refractivity contribution in [1.82, 2.24) is 0 Å². The maximum Gasteiger partial charge on any atom is 0.161 e. The molecule has 6 heteroatoms. The van der Waals surface area contributed by atoms with Crippen LogP contribution in [0.15, 0.2) is 12.1 Å². The molecule has 0 radical (unpaired) electrons. The molecule has 1 unspecified atom stereocenters. The Morgan fingerprint density at radius 1 is 1.18 bits per heavy atom. The lowest BCUT2D eigenvalue weighted by Gasteiger charge is -2.43. The van der Waals surface area contributed by atoms with Crippen LogP contribution < -0.4 is 9.47 Å². The first-order valence-electron chi connectivity index (χ1n) is 7.21. The number of benzene rings is 1. The van der Waals surface area contributed by atoms with Gasteiger partial charge < -0.3 is 14.6 Å². The number of Topliss-reactive ketones (excluding diaryl/α,β-unsaturated/α-hetero) is 1. The molecule has 1 saturated heterocycles. The second-order valence-corrected chi connectivity index (χ2v) is 8.76. The fraction of sp³-hybridized carbons (Fsp3) is 0.562. The average Bonchev–Trinajstić information content (AvgIpc) is 2.94. The third-order valence-corrected chi connectivity index (χ3v) is 7.87. The zero-order valence-electron chi connectivity index (χ0n) is 13.0. The first kappa shape index (κ1) is 16.0. The maximum absolute atomic E-state index is 12.1. The van der Waals surface area contributed by atoms with Crippen molar-refractivity contribution in [3.8, 4) is 11.5 Å². The van der Waals surface area contributed by atoms with Crippen molar-refractivity contribution >= 4 is 29.3 Å². The molecular formula is C16H20O4S2. The van der Waals surface area contributed by atoms with Crippen molar-refractivity contribution in [3.63, 3.8) is 0 Å². The van der Waals surface area contributed by atoms with E-state index in [-0.39, 0.29) is 16.3 Å². The number of hydrogen-bond acceptors (Lipinski definition) is 6. The maximum atomic E-state index is 12.1. The van der Waals surface area contributed by atoms with Gasteiger partial charge in [0.15, 0.2) is 5.78 Å². The molecule has 0 amide bonds. The van der Waals surface area contributed by atoms with Crippen molar-refractivity contribution in [2.24, 2.45) is 0 Å². The Bertz CT molecular complexity index is 610. The van der Waals surface area contributed by atoms with E-state index < -0.39 is 5.60 Å². The summed E-state index contributed by atoms with van der Waals surface area (Å²) in [7, 11) is 3.27. The van der Waals surface area contributed by atoms with Gasteiger partial charge in [0.05, 0.1) is 18.3 Å². The number of rotatable bonds is 3. The van der Waals surface area contributed by atoms with E-state index in [1.807, 2.05) is 12.1 Å². The molecule has 120 valence electrons. The normalized spacial score (nSPS) is 25.8. The van der Waals surface area contributed by atoms with Crippen LogP contribution in [-0.4, -0.2) is 42.2 Å². The molecule has 1 atom stereocenters. The molecule has 1 spiro atoms. The molecule has 3 rings (SSSR count). The van der Waals surface area contributed by atoms with Gasteiger partial charge in [0.1, 0.15) is 17.1 Å². The zero-order valence-corrected chi connectivity index (χ0v) is 14.6. The van der Waals surface area contributed by atoms with Gasteiger partial charge in [-0.2, -0.15) is 0 Å². The van der Waals surface area contributed by atoms with Crippen LogP contribution in [0.4, 0.5) is 0 Å². The summed E-state index contributed by atoms with van der Waals surface area (Å²) < 4.78 is 10.7. The molecular weight excluding hydrogens is 320 g/mol. The Balaban J connectivity index is 2.25. The van der Waals surface area contributed by atoms with Gasteiger partial charge in [0, 0.05) is 35.5 Å². The Labute approximate surface area is 138 Å². The third kappa shape index (κ3) is 2.32. The fourth-order valence-corrected chi connectivity index (χ4v) is 6.92. The van der Waals surface area contributed by atoms with Gasteiger partial charge in [-0.05, 0) is 19.1 Å². The highest BCUT2D eigenvalue weighted by Crippen LogP contribution is 2.62. The largest absolute Gasteiger partial charge is 0.496 e. The van der Waals surface area contributed by atoms with Crippen molar-refractivity contribution < 1.29 is 19.4 Å². The SMILES string of the molecule is COc1ccc(OC)c2c1CC(O)(C(C)=O)CC21SCCS1. The van der Waals surface area contributed by atoms with E-state index in [1.54, 1.807) is 37.7 Å². The average molecular weight is 340 g/mol. The topological polar surface area (TPSA) is 55.8 Å². The second-order valence-electron chi connectivity index (χ2n) is 5.71. The molecule has 4 nitrogen and oxygen atoms in total. The van der Waals surface area contributed by atoms with E-state index in [2.05, 4.69) is 0 Å². The summed E-state index contributed by atoms with van der Waals surface area (Å²) in [4.78, 5) is 12.1. The number of ketones is 1. The number of aliphatic hydroxyl groups is 1. The first-order chi connectivity index (χ1) is 10.5. The number of ether oxygens (including phenoxy) is 2. The summed E-state index contributed by atoms with van der Waals surface area (Å²) in [6, 6.07) is 3.76. The number of thioether (sulfide) groups is 2. The van der Waals surface area contributed by atoms with E-state index in [4.69, 9.17) is 9.47 Å². The van der Waals surface area contributed by atoms with Gasteiger partial charge in [-0.25, -0.2) is 0 Å². The minimum Gasteiger partial charge on any atom is -0.496 e. The predicted molar refractivity (Wildman–Crippen MR) is 90.1 cm³/mol. The van der Waals surface area contributed by atoms with E-state index in [0.717, 1.165) is 28.4 Å². The number of fused-ring (bicyclic) bond motifs is 2. The minimum absolute atomic E-state index is 0.185. The summed E-state index contributed by atoms with van der Waals surface area (Å²) >= 11 is 3.58. The van der Waals surface area contributed by atoms with Gasteiger partial charge in [0.25, 0.3) is 0 Å². The summed E-state index contributed by atoms with van der Waals surface area (Å²) in [6.45, 7) is 1.47. The highest BCUT2D eigenvalue weighted by molar-refractivity contribution is 8.20. The Hall–Kier alpha value is -0.850. The number of carbonyl (C=O) groups is 1. The monoisotopic (exact) mass is 340 g/mol. The summed E-state index contributed by atoms with van der Waals surface area (Å²) in [5.74, 6) is 3.33. The van der Waals surface area contributed by atoms with Crippen LogP contribution in [0.2, 0.25) is 0 Å². The van der Waals surface area contributed by atoms with Crippen molar-refractivity contribution in [2.45, 2.75) is 29.4 Å². The Morgan fingerprint density at radius 3 is 2.32 bits per heavy atom. The molecule has 1 aromatic rings. The molecule has 1 aliphatic heterocycles. The van der Waals surface area contributed by atoms with Crippen LogP contribution in [0.5, 0.6) is 11.5 Å². The van der Waals surface area contributed by atoms with Gasteiger partial charge in [-0.15, -0.1) is 23.5 Å². The van der Waals surface area contributed by atoms with Crippen molar-refractivity contribution in [3.05, 3.63) is 23.3 Å². The van der Waals surface area contributed by atoms with Crippen LogP contribution in [0, 0.1) is 0 Å². The summed E-state index contributed by atoms with van der Waals surface area (Å²) in [6.07, 6.45) is 0.697. The quantitative estimate of drug-likeness (QED) is 0.913. The van der Waals surface area contributed by atoms with Gasteiger partial charge in [0.2, 0.25) is 0 Å². The van der Waals surface area contributed by atoms with Crippen molar-refractivity contribution in [1.29, 1.82) is 0 Å². The van der Waals surface area contributed by atoms with Crippen LogP contribution in [0.3, 0.4) is 0 Å². The van der Waals surface area contributed by atoms with Crippen LogP contribution in [0.1, 0.15) is 24.5 Å². The van der Waals surface area contributed by atoms with E-state index >= 15 is 0 Å². The standard InChI is InChI=1S/C16H20O4S2/c1-10(17)15(18)8-11-12(19-2)4-5-13(20-3)14(11)16(9-15)21-6-7-22-16/h4-5,18H,6-9H2,1-3H3. The number of hydrogen-bond donors (Lipinski definition) is 1. The fourth-order valence-electron chi connectivity index (χ4n) is 3.34. The molecule has 1 N–H and O–H groups in total. The highest BCUT2D eigenvalue weighted by atomic mass is 32.2. The Kier molecular flexibility index (Phi) is 4.12. The molecule has 1 fully saturated rings. The summed E-state index contributed by atoms with van der Waals surface area (Å²) in [5, 5.41) is 10.9. The number of methoxy groups -OCH3 is 2. The molecule has 1 heterocycles. The van der Waals surface area contributed by atoms with Crippen LogP contribution in [0.25, 0.3) is 0 Å². The lowest BCUT2D eigenvalue weighted by Crippen LogP contribution is -2.48. The second kappa shape index (κ2) is 5.65. The van der Waals surface area contributed by atoms with Gasteiger partial charge in [-0.1, -0.05) is 0 Å². The lowest BCUT2D eigenvalue weighted by molar-refractivity contribution is -0.136. The minimum atomic E-state index is -1.34. The molecule has 1 aliphatic carbocycles. The zero-order chi connectivity index (χ0) is 16.0. The van der Waals surface area contributed by atoms with Crippen LogP contribution >= 0.6 is 23.5 Å². The molecule has 2 aliphatic rings. The van der Waals surface area contributed by atoms with Gasteiger partial charge >= 0.3 is 0 Å². The lowest BCUT2D eigenvalue weighted by atomic mass is 9.77. The van der Waals surface area contributed by atoms with E-state index in [9.17, 15) is 9.90 Å². The van der Waals surface area contributed by atoms with E-state index in [1.165, 1.54) is 6.92 Å². The molecule has 0 bridgehead atoms. The van der Waals surface area contributed by atoms with Crippen molar-refractivity contribution in [2.75, 3.05) is 25.7 Å². The van der Waals surface area contributed by atoms with Gasteiger partial charge in [-0.3, -0.25) is 4.79 Å². The molecule has 0 aromatic heterocycles. The summed E-state index contributed by atoms with van der Waals surface area (Å²) in [5.41, 5.74) is 0.636. The Morgan fingerprint density at radius 2 is 1.77 bits per heavy atom. The van der Waals surface area contributed by atoms with E-state index in [0.29, 0.717) is 12.2 Å². The smallest absolute Gasteiger partial charge is 0.161 e. The molecule has 22 heavy (non-hydrogen) atoms. The molecule has 0 saturated carbocycles. The predicted octanol–water partition coefficient (Wildman–Crippen LogP) is 2.60. The third-order valence-electron chi connectivity index (χ3n) is 4.46. The first-order valence-corrected chi connectivity index (χ1v) is 9.18. The molecule has 1 aromatic carbocycles. The van der Waals surface area contributed by atoms with Crippen LogP contribution in [-0.2, 0) is 15.3 Å².